The van der Waals surface area contributed by atoms with Gasteiger partial charge in [-0.2, -0.15) is 13.2 Å². The standard InChI is InChI=1S/C12H13F4NO/c1-7(2)17-6-11(18)8-3-4-9(10(13)5-8)12(14,15)16/h3-5,7,17H,6H2,1-2H3. The van der Waals surface area contributed by atoms with Crippen LogP contribution in [0.15, 0.2) is 18.2 Å². The summed E-state index contributed by atoms with van der Waals surface area (Å²) in [6.45, 7) is 3.60. The molecule has 0 heterocycles. The van der Waals surface area contributed by atoms with Crippen LogP contribution in [0.25, 0.3) is 0 Å². The van der Waals surface area contributed by atoms with Gasteiger partial charge in [-0.05, 0) is 12.1 Å². The van der Waals surface area contributed by atoms with Gasteiger partial charge in [0, 0.05) is 11.6 Å². The highest BCUT2D eigenvalue weighted by Crippen LogP contribution is 2.31. The van der Waals surface area contributed by atoms with Gasteiger partial charge < -0.3 is 5.32 Å². The maximum absolute atomic E-state index is 13.2. The van der Waals surface area contributed by atoms with E-state index < -0.39 is 23.3 Å². The number of halogens is 4. The van der Waals surface area contributed by atoms with Crippen LogP contribution in [0.2, 0.25) is 0 Å². The number of nitrogens with one attached hydrogen (secondary N) is 1. The summed E-state index contributed by atoms with van der Waals surface area (Å²) < 4.78 is 50.1. The van der Waals surface area contributed by atoms with Gasteiger partial charge in [-0.25, -0.2) is 4.39 Å². The van der Waals surface area contributed by atoms with Crippen molar-refractivity contribution in [2.24, 2.45) is 0 Å². The van der Waals surface area contributed by atoms with Gasteiger partial charge in [0.1, 0.15) is 5.82 Å². The second kappa shape index (κ2) is 5.48. The van der Waals surface area contributed by atoms with Crippen LogP contribution >= 0.6 is 0 Å². The summed E-state index contributed by atoms with van der Waals surface area (Å²) in [5.74, 6) is -1.88. The van der Waals surface area contributed by atoms with E-state index in [2.05, 4.69) is 5.32 Å². The molecule has 18 heavy (non-hydrogen) atoms. The molecule has 1 N–H and O–H groups in total. The van der Waals surface area contributed by atoms with Crippen LogP contribution in [0.5, 0.6) is 0 Å². The summed E-state index contributed by atoms with van der Waals surface area (Å²) >= 11 is 0. The molecule has 0 fully saturated rings. The number of hydrogen-bond donors (Lipinski definition) is 1. The average Bonchev–Trinajstić information content (AvgIpc) is 2.23. The first-order valence-electron chi connectivity index (χ1n) is 5.35. The number of carbonyl (C=O) groups is 1. The van der Waals surface area contributed by atoms with Crippen molar-refractivity contribution in [1.82, 2.24) is 5.32 Å². The molecule has 0 atom stereocenters. The Morgan fingerprint density at radius 3 is 2.39 bits per heavy atom. The van der Waals surface area contributed by atoms with Gasteiger partial charge >= 0.3 is 6.18 Å². The lowest BCUT2D eigenvalue weighted by atomic mass is 10.1. The van der Waals surface area contributed by atoms with Gasteiger partial charge in [-0.3, -0.25) is 4.79 Å². The second-order valence-corrected chi connectivity index (χ2v) is 4.15. The Morgan fingerprint density at radius 1 is 1.33 bits per heavy atom. The SMILES string of the molecule is CC(C)NCC(=O)c1ccc(C(F)(F)F)c(F)c1. The maximum Gasteiger partial charge on any atom is 0.419 e. The van der Waals surface area contributed by atoms with Crippen molar-refractivity contribution in [2.75, 3.05) is 6.54 Å². The van der Waals surface area contributed by atoms with Crippen molar-refractivity contribution < 1.29 is 22.4 Å². The van der Waals surface area contributed by atoms with E-state index in [1.54, 1.807) is 0 Å². The number of benzene rings is 1. The molecule has 1 aromatic rings. The summed E-state index contributed by atoms with van der Waals surface area (Å²) in [4.78, 5) is 11.6. The highest BCUT2D eigenvalue weighted by molar-refractivity contribution is 5.97. The van der Waals surface area contributed by atoms with Gasteiger partial charge in [-0.1, -0.05) is 19.9 Å². The van der Waals surface area contributed by atoms with Crippen molar-refractivity contribution in [2.45, 2.75) is 26.1 Å². The van der Waals surface area contributed by atoms with Gasteiger partial charge in [0.2, 0.25) is 0 Å². The molecule has 0 aliphatic heterocycles. The Hall–Kier alpha value is -1.43. The minimum atomic E-state index is -4.75. The second-order valence-electron chi connectivity index (χ2n) is 4.15. The van der Waals surface area contributed by atoms with Crippen molar-refractivity contribution in [3.8, 4) is 0 Å². The number of rotatable bonds is 4. The molecule has 0 radical (unpaired) electrons. The van der Waals surface area contributed by atoms with Gasteiger partial charge in [0.15, 0.2) is 5.78 Å². The van der Waals surface area contributed by atoms with Crippen LogP contribution in [0.1, 0.15) is 29.8 Å². The van der Waals surface area contributed by atoms with Crippen molar-refractivity contribution in [1.29, 1.82) is 0 Å². The average molecular weight is 263 g/mol. The largest absolute Gasteiger partial charge is 0.419 e. The van der Waals surface area contributed by atoms with Crippen molar-refractivity contribution in [3.05, 3.63) is 35.1 Å². The van der Waals surface area contributed by atoms with E-state index in [9.17, 15) is 22.4 Å². The maximum atomic E-state index is 13.2. The molecule has 0 spiro atoms. The summed E-state index contributed by atoms with van der Waals surface area (Å²) in [6, 6.07) is 2.25. The van der Waals surface area contributed by atoms with E-state index in [0.717, 1.165) is 6.07 Å². The van der Waals surface area contributed by atoms with Crippen LogP contribution < -0.4 is 5.32 Å². The molecule has 2 nitrogen and oxygen atoms in total. The zero-order valence-corrected chi connectivity index (χ0v) is 9.94. The third-order valence-corrected chi connectivity index (χ3v) is 2.27. The molecular weight excluding hydrogens is 250 g/mol. The normalized spacial score (nSPS) is 11.9. The first-order valence-corrected chi connectivity index (χ1v) is 5.35. The molecule has 0 bridgehead atoms. The number of Topliss-reactive ketones (excluding diaryl/α,β-unsaturated/α-hetero) is 1. The molecule has 0 unspecified atom stereocenters. The van der Waals surface area contributed by atoms with E-state index in [1.165, 1.54) is 0 Å². The quantitative estimate of drug-likeness (QED) is 0.668. The van der Waals surface area contributed by atoms with E-state index in [-0.39, 0.29) is 18.2 Å². The Labute approximate surface area is 102 Å². The Kier molecular flexibility index (Phi) is 4.45. The molecule has 0 aromatic heterocycles. The summed E-state index contributed by atoms with van der Waals surface area (Å²) in [6.07, 6.45) is -4.75. The van der Waals surface area contributed by atoms with E-state index >= 15 is 0 Å². The zero-order valence-electron chi connectivity index (χ0n) is 9.94. The fourth-order valence-electron chi connectivity index (χ4n) is 1.32. The number of ketones is 1. The zero-order chi connectivity index (χ0) is 13.9. The molecule has 100 valence electrons. The lowest BCUT2D eigenvalue weighted by molar-refractivity contribution is -0.140. The van der Waals surface area contributed by atoms with Crippen LogP contribution in [-0.2, 0) is 6.18 Å². The molecule has 0 saturated carbocycles. The fourth-order valence-corrected chi connectivity index (χ4v) is 1.32. The third-order valence-electron chi connectivity index (χ3n) is 2.27. The lowest BCUT2D eigenvalue weighted by Gasteiger charge is -2.10. The Bertz CT molecular complexity index is 440. The highest BCUT2D eigenvalue weighted by atomic mass is 19.4. The molecule has 0 aliphatic carbocycles. The Morgan fingerprint density at radius 2 is 1.94 bits per heavy atom. The van der Waals surface area contributed by atoms with Crippen molar-refractivity contribution in [3.63, 3.8) is 0 Å². The predicted octanol–water partition coefficient (Wildman–Crippen LogP) is 3.03. The Balaban J connectivity index is 2.88. The van der Waals surface area contributed by atoms with Crippen LogP contribution in [0.3, 0.4) is 0 Å². The molecule has 0 amide bonds. The molecule has 0 aliphatic rings. The number of hydrogen-bond acceptors (Lipinski definition) is 2. The molecule has 1 rings (SSSR count). The van der Waals surface area contributed by atoms with Gasteiger partial charge in [0.25, 0.3) is 0 Å². The molecule has 0 saturated heterocycles. The van der Waals surface area contributed by atoms with E-state index in [1.807, 2.05) is 13.8 Å². The smallest absolute Gasteiger partial charge is 0.307 e. The van der Waals surface area contributed by atoms with E-state index in [0.29, 0.717) is 12.1 Å². The van der Waals surface area contributed by atoms with E-state index in [4.69, 9.17) is 0 Å². The topological polar surface area (TPSA) is 29.1 Å². The molecular formula is C12H13F4NO. The van der Waals surface area contributed by atoms with Crippen LogP contribution in [-0.4, -0.2) is 18.4 Å². The van der Waals surface area contributed by atoms with Gasteiger partial charge in [-0.15, -0.1) is 0 Å². The van der Waals surface area contributed by atoms with Crippen LogP contribution in [0, 0.1) is 5.82 Å². The monoisotopic (exact) mass is 263 g/mol. The lowest BCUT2D eigenvalue weighted by Crippen LogP contribution is -2.29. The first-order chi connectivity index (χ1) is 8.21. The highest BCUT2D eigenvalue weighted by Gasteiger charge is 2.34. The number of alkyl halides is 3. The fraction of sp³-hybridized carbons (Fsp3) is 0.417. The molecule has 1 aromatic carbocycles. The van der Waals surface area contributed by atoms with Crippen LogP contribution in [0.4, 0.5) is 17.6 Å². The molecule has 6 heteroatoms. The minimum absolute atomic E-state index is 0.0392. The van der Waals surface area contributed by atoms with Crippen molar-refractivity contribution >= 4 is 5.78 Å². The number of carbonyl (C=O) groups excluding carboxylic acids is 1. The first kappa shape index (κ1) is 14.6. The minimum Gasteiger partial charge on any atom is -0.307 e. The summed E-state index contributed by atoms with van der Waals surface area (Å²) in [5.41, 5.74) is -1.44. The van der Waals surface area contributed by atoms with Gasteiger partial charge in [0.05, 0.1) is 12.1 Å². The third kappa shape index (κ3) is 3.80. The summed E-state index contributed by atoms with van der Waals surface area (Å²) in [5, 5.41) is 2.81. The predicted molar refractivity (Wildman–Crippen MR) is 58.9 cm³/mol. The summed E-state index contributed by atoms with van der Waals surface area (Å²) in [7, 11) is 0.